The number of Topliss-reactive ketones (excluding diaryl/α,β-unsaturated/α-hetero) is 1. The van der Waals surface area contributed by atoms with Crippen molar-refractivity contribution >= 4 is 28.1 Å². The largest absolute Gasteiger partial charge is 0.493 e. The molecule has 2 aliphatic carbocycles. The molecule has 0 saturated carbocycles. The molecule has 0 spiro atoms. The van der Waals surface area contributed by atoms with Crippen LogP contribution < -0.4 is 24.8 Å². The number of ketones is 1. The predicted octanol–water partition coefficient (Wildman–Crippen LogP) is 5.52. The van der Waals surface area contributed by atoms with Gasteiger partial charge < -0.3 is 24.7 Å². The molecule has 2 N–H and O–H groups in total. The molecular weight excluding hydrogens is 542 g/mol. The van der Waals surface area contributed by atoms with Crippen LogP contribution in [-0.2, 0) is 22.4 Å². The molecule has 0 amide bonds. The number of benzene rings is 1. The second-order valence-electron chi connectivity index (χ2n) is 10.2. The fraction of sp³-hybridized carbons (Fsp3) is 0.452. The number of hydrogen-bond acceptors (Lipinski definition) is 10. The maximum Gasteiger partial charge on any atom is 0.341 e. The van der Waals surface area contributed by atoms with Crippen LogP contribution in [-0.4, -0.2) is 39.7 Å². The number of nitriles is 1. The zero-order valence-electron chi connectivity index (χ0n) is 23.9. The number of allylic oxidation sites excluding steroid dienone is 3. The van der Waals surface area contributed by atoms with Gasteiger partial charge in [-0.3, -0.25) is 9.69 Å². The van der Waals surface area contributed by atoms with E-state index in [1.54, 1.807) is 24.0 Å². The van der Waals surface area contributed by atoms with E-state index >= 15 is 0 Å². The third-order valence-corrected chi connectivity index (χ3v) is 9.30. The molecule has 216 valence electrons. The first kappa shape index (κ1) is 28.6. The van der Waals surface area contributed by atoms with E-state index in [9.17, 15) is 14.9 Å². The van der Waals surface area contributed by atoms with E-state index in [1.165, 1.54) is 32.7 Å². The van der Waals surface area contributed by atoms with Crippen LogP contribution in [0.3, 0.4) is 0 Å². The van der Waals surface area contributed by atoms with E-state index < -0.39 is 11.9 Å². The fourth-order valence-electron chi connectivity index (χ4n) is 6.22. The van der Waals surface area contributed by atoms with Crippen molar-refractivity contribution in [3.63, 3.8) is 0 Å². The lowest BCUT2D eigenvalue weighted by molar-refractivity contribution is -0.116. The summed E-state index contributed by atoms with van der Waals surface area (Å²) in [7, 11) is 4.56. The zero-order chi connectivity index (χ0) is 29.3. The number of anilines is 1. The second-order valence-corrected chi connectivity index (χ2v) is 11.3. The molecule has 1 aromatic carbocycles. The van der Waals surface area contributed by atoms with E-state index in [0.717, 1.165) is 48.2 Å². The zero-order valence-corrected chi connectivity index (χ0v) is 24.7. The third kappa shape index (κ3) is 4.82. The van der Waals surface area contributed by atoms with Crippen molar-refractivity contribution in [3.8, 4) is 23.3 Å². The number of esters is 1. The van der Waals surface area contributed by atoms with E-state index in [1.807, 2.05) is 0 Å². The van der Waals surface area contributed by atoms with Crippen molar-refractivity contribution in [2.24, 2.45) is 5.73 Å². The molecule has 0 unspecified atom stereocenters. The van der Waals surface area contributed by atoms with Gasteiger partial charge in [0.1, 0.15) is 10.8 Å². The quantitative estimate of drug-likeness (QED) is 0.334. The topological polar surface area (TPSA) is 124 Å². The Morgan fingerprint density at radius 2 is 1.76 bits per heavy atom. The maximum absolute atomic E-state index is 13.7. The highest BCUT2D eigenvalue weighted by atomic mass is 32.1. The van der Waals surface area contributed by atoms with Gasteiger partial charge >= 0.3 is 5.97 Å². The lowest BCUT2D eigenvalue weighted by Crippen LogP contribution is -2.39. The Morgan fingerprint density at radius 3 is 2.39 bits per heavy atom. The summed E-state index contributed by atoms with van der Waals surface area (Å²) in [5.41, 5.74) is 10.5. The Morgan fingerprint density at radius 1 is 1.05 bits per heavy atom. The number of hydrogen-bond donors (Lipinski definition) is 1. The van der Waals surface area contributed by atoms with Gasteiger partial charge in [-0.15, -0.1) is 11.3 Å². The number of nitrogens with two attached hydrogens (primary N) is 1. The average Bonchev–Trinajstić information content (AvgIpc) is 3.17. The number of fused-ring (bicyclic) bond motifs is 1. The molecule has 3 aliphatic rings. The Bertz CT molecular complexity index is 1470. The third-order valence-electron chi connectivity index (χ3n) is 8.02. The van der Waals surface area contributed by atoms with Crippen LogP contribution in [0.5, 0.6) is 17.2 Å². The number of thiophene rings is 1. The van der Waals surface area contributed by atoms with Gasteiger partial charge in [0.2, 0.25) is 5.75 Å². The van der Waals surface area contributed by atoms with Crippen LogP contribution in [0, 0.1) is 11.3 Å². The number of carbonyl (C=O) groups is 2. The normalized spacial score (nSPS) is 18.8. The van der Waals surface area contributed by atoms with Gasteiger partial charge in [-0.2, -0.15) is 5.26 Å². The predicted molar refractivity (Wildman–Crippen MR) is 156 cm³/mol. The summed E-state index contributed by atoms with van der Waals surface area (Å²) in [6, 6.07) is 5.83. The lowest BCUT2D eigenvalue weighted by Gasteiger charge is -2.39. The van der Waals surface area contributed by atoms with Gasteiger partial charge in [0.15, 0.2) is 17.3 Å². The van der Waals surface area contributed by atoms with E-state index in [-0.39, 0.29) is 23.8 Å². The van der Waals surface area contributed by atoms with Gasteiger partial charge in [0.05, 0.1) is 51.1 Å². The van der Waals surface area contributed by atoms with Gasteiger partial charge in [-0.05, 0) is 68.7 Å². The fourth-order valence-corrected chi connectivity index (χ4v) is 7.63. The molecule has 0 fully saturated rings. The van der Waals surface area contributed by atoms with E-state index in [0.29, 0.717) is 58.2 Å². The Balaban J connectivity index is 1.77. The van der Waals surface area contributed by atoms with Gasteiger partial charge in [0.25, 0.3) is 0 Å². The summed E-state index contributed by atoms with van der Waals surface area (Å²) in [5.74, 6) is 0.276. The Kier molecular flexibility index (Phi) is 8.27. The maximum atomic E-state index is 13.7. The van der Waals surface area contributed by atoms with Crippen LogP contribution in [0.1, 0.15) is 77.7 Å². The van der Waals surface area contributed by atoms with Crippen molar-refractivity contribution in [1.82, 2.24) is 0 Å². The number of methoxy groups -OCH3 is 3. The molecular formula is C31H35N3O6S. The molecule has 2 heterocycles. The minimum absolute atomic E-state index is 0.0499. The highest BCUT2D eigenvalue weighted by Crippen LogP contribution is 2.52. The standard InChI is InChI=1S/C31H35N3O6S/c1-5-40-31(36)26-18-10-7-6-8-13-24(18)41-30(26)34-20-11-9-12-21(35)27(20)25(19(16-32)29(34)33)17-14-22(37-2)28(39-4)23(15-17)38-3/h14-15,25H,5-13,33H2,1-4H3/t25-/m0/s1. The van der Waals surface area contributed by atoms with Gasteiger partial charge in [0, 0.05) is 22.6 Å². The highest BCUT2D eigenvalue weighted by molar-refractivity contribution is 7.16. The summed E-state index contributed by atoms with van der Waals surface area (Å²) in [5, 5.41) is 11.2. The Hall–Kier alpha value is -3.97. The molecule has 2 aromatic rings. The number of carbonyl (C=O) groups excluding carboxylic acids is 2. The summed E-state index contributed by atoms with van der Waals surface area (Å²) >= 11 is 1.52. The lowest BCUT2D eigenvalue weighted by atomic mass is 9.75. The van der Waals surface area contributed by atoms with E-state index in [2.05, 4.69) is 6.07 Å². The molecule has 1 aliphatic heterocycles. The van der Waals surface area contributed by atoms with Crippen molar-refractivity contribution in [2.45, 2.75) is 64.2 Å². The van der Waals surface area contributed by atoms with Crippen LogP contribution in [0.4, 0.5) is 5.00 Å². The summed E-state index contributed by atoms with van der Waals surface area (Å²) in [6.45, 7) is 2.03. The second kappa shape index (κ2) is 11.9. The number of ether oxygens (including phenoxy) is 4. The van der Waals surface area contributed by atoms with Crippen LogP contribution in [0.15, 0.2) is 34.8 Å². The van der Waals surface area contributed by atoms with Crippen LogP contribution in [0.25, 0.3) is 0 Å². The molecule has 0 saturated heterocycles. The summed E-state index contributed by atoms with van der Waals surface area (Å²) in [4.78, 5) is 30.1. The summed E-state index contributed by atoms with van der Waals surface area (Å²) in [6.07, 6.45) is 6.35. The smallest absolute Gasteiger partial charge is 0.341 e. The van der Waals surface area contributed by atoms with E-state index in [4.69, 9.17) is 24.7 Å². The van der Waals surface area contributed by atoms with Crippen molar-refractivity contribution in [1.29, 1.82) is 5.26 Å². The van der Waals surface area contributed by atoms with Gasteiger partial charge in [-0.1, -0.05) is 6.42 Å². The number of rotatable bonds is 7. The minimum atomic E-state index is -0.725. The molecule has 1 atom stereocenters. The monoisotopic (exact) mass is 577 g/mol. The molecule has 10 heteroatoms. The number of nitrogens with zero attached hydrogens (tertiary/aromatic N) is 2. The Labute approximate surface area is 244 Å². The molecule has 9 nitrogen and oxygen atoms in total. The molecule has 0 bridgehead atoms. The van der Waals surface area contributed by atoms with Crippen molar-refractivity contribution in [2.75, 3.05) is 32.8 Å². The van der Waals surface area contributed by atoms with Crippen LogP contribution in [0.2, 0.25) is 0 Å². The SMILES string of the molecule is CCOC(=O)c1c(N2C(N)=C(C#N)[C@H](c3cc(OC)c(OC)c(OC)c3)C3=C2CCCC3=O)sc2c1CCCCC2. The first-order valence-corrected chi connectivity index (χ1v) is 14.8. The molecule has 0 radical (unpaired) electrons. The minimum Gasteiger partial charge on any atom is -0.493 e. The molecule has 1 aromatic heterocycles. The molecule has 41 heavy (non-hydrogen) atoms. The van der Waals surface area contributed by atoms with Gasteiger partial charge in [-0.25, -0.2) is 4.79 Å². The average molecular weight is 578 g/mol. The first-order valence-electron chi connectivity index (χ1n) is 14.0. The van der Waals surface area contributed by atoms with Crippen LogP contribution >= 0.6 is 11.3 Å². The molecule has 5 rings (SSSR count). The van der Waals surface area contributed by atoms with Crippen molar-refractivity contribution < 1.29 is 28.5 Å². The highest BCUT2D eigenvalue weighted by Gasteiger charge is 2.43. The van der Waals surface area contributed by atoms with Crippen molar-refractivity contribution in [3.05, 3.63) is 56.4 Å². The summed E-state index contributed by atoms with van der Waals surface area (Å²) < 4.78 is 22.2. The number of aryl methyl sites for hydroxylation is 1. The first-order chi connectivity index (χ1) is 19.9.